The minimum atomic E-state index is -1.08. The predicted octanol–water partition coefficient (Wildman–Crippen LogP) is 4.17. The van der Waals surface area contributed by atoms with E-state index in [1.54, 1.807) is 32.9 Å². The van der Waals surface area contributed by atoms with Crippen LogP contribution in [0.5, 0.6) is 0 Å². The molecule has 34 heavy (non-hydrogen) atoms. The molecule has 0 heterocycles. The number of benzene rings is 2. The van der Waals surface area contributed by atoms with E-state index in [1.807, 2.05) is 57.2 Å². The number of nitrogens with zero attached hydrogens (tertiary/aromatic N) is 2. The van der Waals surface area contributed by atoms with Crippen molar-refractivity contribution in [2.24, 2.45) is 0 Å². The van der Waals surface area contributed by atoms with E-state index in [-0.39, 0.29) is 6.54 Å². The molecule has 1 unspecified atom stereocenters. The Kier molecular flexibility index (Phi) is 8.79. The summed E-state index contributed by atoms with van der Waals surface area (Å²) in [6.45, 7) is 9.95. The van der Waals surface area contributed by atoms with Gasteiger partial charge in [-0.15, -0.1) is 0 Å². The van der Waals surface area contributed by atoms with Gasteiger partial charge < -0.3 is 20.3 Å². The lowest BCUT2D eigenvalue weighted by Crippen LogP contribution is -2.47. The lowest BCUT2D eigenvalue weighted by molar-refractivity contribution is -0.137. The lowest BCUT2D eigenvalue weighted by atomic mass is 9.94. The topological polar surface area (TPSA) is 112 Å². The van der Waals surface area contributed by atoms with Gasteiger partial charge in [0.1, 0.15) is 24.7 Å². The molecule has 3 amide bonds. The van der Waals surface area contributed by atoms with Gasteiger partial charge in [0.2, 0.25) is 5.91 Å². The van der Waals surface area contributed by atoms with Gasteiger partial charge in [0.25, 0.3) is 5.91 Å². The van der Waals surface area contributed by atoms with Crippen LogP contribution in [0.15, 0.2) is 42.5 Å². The fourth-order valence-corrected chi connectivity index (χ4v) is 3.56. The second kappa shape index (κ2) is 11.3. The van der Waals surface area contributed by atoms with Crippen molar-refractivity contribution in [1.29, 1.82) is 5.26 Å². The monoisotopic (exact) mass is 464 g/mol. The van der Waals surface area contributed by atoms with Crippen LogP contribution >= 0.6 is 0 Å². The third-order valence-electron chi connectivity index (χ3n) is 5.12. The number of carbonyl (C=O) groups excluding carboxylic acids is 3. The first-order valence-electron chi connectivity index (χ1n) is 11.0. The molecule has 0 saturated heterocycles. The zero-order valence-corrected chi connectivity index (χ0v) is 20.6. The fourth-order valence-electron chi connectivity index (χ4n) is 3.56. The standard InChI is InChI=1S/C26H32N4O4/c1-17-10-7-8-13-20(17)29-24(32)23(22-18(2)11-9-12-19(22)3)30(15-14-27)21(31)16-28-25(33)34-26(4,5)6/h7-13,23H,15-16H2,1-6H3,(H,28,33)(H,29,32). The van der Waals surface area contributed by atoms with Crippen LogP contribution in [0.25, 0.3) is 0 Å². The smallest absolute Gasteiger partial charge is 0.408 e. The van der Waals surface area contributed by atoms with Crippen LogP contribution in [0.3, 0.4) is 0 Å². The second-order valence-corrected chi connectivity index (χ2v) is 9.05. The van der Waals surface area contributed by atoms with E-state index in [4.69, 9.17) is 4.74 Å². The van der Waals surface area contributed by atoms with Gasteiger partial charge in [-0.2, -0.15) is 5.26 Å². The first kappa shape index (κ1) is 26.4. The predicted molar refractivity (Wildman–Crippen MR) is 130 cm³/mol. The number of hydrogen-bond acceptors (Lipinski definition) is 5. The highest BCUT2D eigenvalue weighted by Crippen LogP contribution is 2.29. The normalized spacial score (nSPS) is 11.7. The highest BCUT2D eigenvalue weighted by atomic mass is 16.6. The molecule has 0 spiro atoms. The first-order valence-corrected chi connectivity index (χ1v) is 11.0. The summed E-state index contributed by atoms with van der Waals surface area (Å²) >= 11 is 0. The van der Waals surface area contributed by atoms with Crippen molar-refractivity contribution in [3.8, 4) is 6.07 Å². The molecule has 0 fully saturated rings. The quantitative estimate of drug-likeness (QED) is 0.598. The number of hydrogen-bond donors (Lipinski definition) is 2. The number of ether oxygens (including phenoxy) is 1. The largest absolute Gasteiger partial charge is 0.444 e. The maximum Gasteiger partial charge on any atom is 0.408 e. The third kappa shape index (κ3) is 7.07. The van der Waals surface area contributed by atoms with Crippen LogP contribution in [-0.4, -0.2) is 41.5 Å². The summed E-state index contributed by atoms with van der Waals surface area (Å²) in [6.07, 6.45) is -0.759. The molecule has 0 radical (unpaired) electrons. The third-order valence-corrected chi connectivity index (χ3v) is 5.12. The Labute approximate surface area is 200 Å². The number of anilines is 1. The Hall–Kier alpha value is -3.86. The van der Waals surface area contributed by atoms with Crippen LogP contribution in [0.2, 0.25) is 0 Å². The molecule has 0 aliphatic heterocycles. The summed E-state index contributed by atoms with van der Waals surface area (Å²) in [5.41, 5.74) is 2.99. The van der Waals surface area contributed by atoms with Gasteiger partial charge >= 0.3 is 6.09 Å². The average Bonchev–Trinajstić information content (AvgIpc) is 2.74. The summed E-state index contributed by atoms with van der Waals surface area (Å²) in [6, 6.07) is 13.8. The Bertz CT molecular complexity index is 1080. The Balaban J connectivity index is 2.42. The summed E-state index contributed by atoms with van der Waals surface area (Å²) in [5.74, 6) is -1.03. The van der Waals surface area contributed by atoms with E-state index in [9.17, 15) is 19.6 Å². The molecule has 2 rings (SSSR count). The number of para-hydroxylation sites is 1. The Morgan fingerprint density at radius 3 is 2.15 bits per heavy atom. The zero-order valence-electron chi connectivity index (χ0n) is 20.6. The maximum absolute atomic E-state index is 13.6. The van der Waals surface area contributed by atoms with Crippen molar-refractivity contribution in [3.63, 3.8) is 0 Å². The van der Waals surface area contributed by atoms with E-state index >= 15 is 0 Å². The van der Waals surface area contributed by atoms with Gasteiger partial charge in [-0.1, -0.05) is 36.4 Å². The van der Waals surface area contributed by atoms with Crippen LogP contribution in [-0.2, 0) is 14.3 Å². The highest BCUT2D eigenvalue weighted by molar-refractivity contribution is 5.99. The molecular weight excluding hydrogens is 432 g/mol. The van der Waals surface area contributed by atoms with Crippen LogP contribution < -0.4 is 10.6 Å². The second-order valence-electron chi connectivity index (χ2n) is 9.05. The number of aryl methyl sites for hydroxylation is 3. The molecule has 2 aromatic carbocycles. The number of carbonyl (C=O) groups is 3. The minimum absolute atomic E-state index is 0.339. The molecule has 1 atom stereocenters. The number of nitriles is 1. The number of alkyl carbamates (subject to hydrolysis) is 1. The average molecular weight is 465 g/mol. The summed E-state index contributed by atoms with van der Waals surface area (Å²) in [5, 5.41) is 14.8. The van der Waals surface area contributed by atoms with Crippen LogP contribution in [0.4, 0.5) is 10.5 Å². The van der Waals surface area contributed by atoms with E-state index in [0.29, 0.717) is 11.3 Å². The molecule has 2 aromatic rings. The summed E-state index contributed by atoms with van der Waals surface area (Å²) in [7, 11) is 0. The molecule has 8 nitrogen and oxygen atoms in total. The van der Waals surface area contributed by atoms with Gasteiger partial charge in [0, 0.05) is 5.69 Å². The number of amides is 3. The molecule has 8 heteroatoms. The Morgan fingerprint density at radius 1 is 1.00 bits per heavy atom. The van der Waals surface area contributed by atoms with E-state index in [0.717, 1.165) is 16.7 Å². The molecule has 2 N–H and O–H groups in total. The fraction of sp³-hybridized carbons (Fsp3) is 0.385. The van der Waals surface area contributed by atoms with Crippen LogP contribution in [0, 0.1) is 32.1 Å². The SMILES string of the molecule is Cc1ccccc1NC(=O)C(c1c(C)cccc1C)N(CC#N)C(=O)CNC(=O)OC(C)(C)C. The summed E-state index contributed by atoms with van der Waals surface area (Å²) in [4.78, 5) is 40.0. The molecule has 0 bridgehead atoms. The van der Waals surface area contributed by atoms with Crippen molar-refractivity contribution >= 4 is 23.6 Å². The van der Waals surface area contributed by atoms with Gasteiger partial charge in [0.05, 0.1) is 6.07 Å². The maximum atomic E-state index is 13.6. The van der Waals surface area contributed by atoms with Gasteiger partial charge in [-0.3, -0.25) is 9.59 Å². The number of nitrogens with one attached hydrogen (secondary N) is 2. The van der Waals surface area contributed by atoms with Gasteiger partial charge in [-0.25, -0.2) is 4.79 Å². The highest BCUT2D eigenvalue weighted by Gasteiger charge is 2.34. The van der Waals surface area contributed by atoms with E-state index < -0.39 is 36.1 Å². The molecule has 0 aliphatic carbocycles. The molecular formula is C26H32N4O4. The van der Waals surface area contributed by atoms with Crippen molar-refractivity contribution in [2.75, 3.05) is 18.4 Å². The summed E-state index contributed by atoms with van der Waals surface area (Å²) < 4.78 is 5.19. The first-order chi connectivity index (χ1) is 15.9. The molecule has 0 aromatic heterocycles. The Morgan fingerprint density at radius 2 is 1.59 bits per heavy atom. The van der Waals surface area contributed by atoms with E-state index in [2.05, 4.69) is 10.6 Å². The molecule has 180 valence electrons. The van der Waals surface area contributed by atoms with Crippen LogP contribution in [0.1, 0.15) is 49.1 Å². The van der Waals surface area contributed by atoms with Gasteiger partial charge in [-0.05, 0) is 69.9 Å². The van der Waals surface area contributed by atoms with Crippen molar-refractivity contribution < 1.29 is 19.1 Å². The zero-order chi connectivity index (χ0) is 25.5. The van der Waals surface area contributed by atoms with Crippen molar-refractivity contribution in [2.45, 2.75) is 53.2 Å². The van der Waals surface area contributed by atoms with Crippen molar-refractivity contribution in [3.05, 3.63) is 64.7 Å². The lowest BCUT2D eigenvalue weighted by Gasteiger charge is -2.31. The molecule has 0 aliphatic rings. The van der Waals surface area contributed by atoms with Gasteiger partial charge in [0.15, 0.2) is 0 Å². The van der Waals surface area contributed by atoms with Crippen molar-refractivity contribution in [1.82, 2.24) is 10.2 Å². The molecule has 0 saturated carbocycles. The van der Waals surface area contributed by atoms with E-state index in [1.165, 1.54) is 4.90 Å². The number of rotatable bonds is 7. The minimum Gasteiger partial charge on any atom is -0.444 e.